The largest absolute Gasteiger partial charge is 0.449 e. The smallest absolute Gasteiger partial charge is 0.339 e. The zero-order valence-corrected chi connectivity index (χ0v) is 16.7. The van der Waals surface area contributed by atoms with E-state index in [-0.39, 0.29) is 18.5 Å². The molecule has 1 aliphatic heterocycles. The first-order valence-corrected chi connectivity index (χ1v) is 9.39. The van der Waals surface area contributed by atoms with Crippen molar-refractivity contribution in [3.05, 3.63) is 23.5 Å². The average Bonchev–Trinajstić information content (AvgIpc) is 3.25. The number of hydrogen-bond acceptors (Lipinski definition) is 6. The number of fused-ring (bicyclic) bond motifs is 1. The number of nitrogens with zero attached hydrogens (tertiary/aromatic N) is 4. The molecule has 3 rings (SSSR count). The fraction of sp³-hybridized carbons (Fsp3) is 0.526. The molecule has 3 heterocycles. The number of imide groups is 1. The van der Waals surface area contributed by atoms with Crippen molar-refractivity contribution >= 4 is 28.9 Å². The third-order valence-electron chi connectivity index (χ3n) is 4.64. The Hall–Kier alpha value is -2.97. The maximum atomic E-state index is 12.9. The molecular formula is C19H25N5O4. The summed E-state index contributed by atoms with van der Waals surface area (Å²) < 4.78 is 7.15. The Morgan fingerprint density at radius 2 is 1.93 bits per heavy atom. The van der Waals surface area contributed by atoms with E-state index in [1.807, 2.05) is 27.7 Å². The van der Waals surface area contributed by atoms with Gasteiger partial charge in [-0.3, -0.25) is 9.69 Å². The molecule has 3 amide bonds. The van der Waals surface area contributed by atoms with Crippen molar-refractivity contribution in [2.45, 2.75) is 52.7 Å². The van der Waals surface area contributed by atoms with Gasteiger partial charge in [0, 0.05) is 24.8 Å². The second kappa shape index (κ2) is 7.57. The molecular weight excluding hydrogens is 362 g/mol. The number of amides is 3. The number of hydrogen-bond donors (Lipinski definition) is 1. The van der Waals surface area contributed by atoms with E-state index in [2.05, 4.69) is 15.4 Å². The van der Waals surface area contributed by atoms with Crippen LogP contribution in [0.2, 0.25) is 0 Å². The molecule has 1 saturated heterocycles. The van der Waals surface area contributed by atoms with Crippen molar-refractivity contribution in [2.75, 3.05) is 13.1 Å². The highest BCUT2D eigenvalue weighted by Gasteiger charge is 2.32. The van der Waals surface area contributed by atoms with E-state index in [4.69, 9.17) is 4.74 Å². The van der Waals surface area contributed by atoms with E-state index in [9.17, 15) is 14.4 Å². The lowest BCUT2D eigenvalue weighted by atomic mass is 10.1. The van der Waals surface area contributed by atoms with Crippen molar-refractivity contribution in [1.82, 2.24) is 25.0 Å². The summed E-state index contributed by atoms with van der Waals surface area (Å²) >= 11 is 0. The van der Waals surface area contributed by atoms with Crippen molar-refractivity contribution < 1.29 is 19.1 Å². The molecule has 0 unspecified atom stereocenters. The second-order valence-electron chi connectivity index (χ2n) is 7.44. The van der Waals surface area contributed by atoms with Gasteiger partial charge in [0.1, 0.15) is 0 Å². The number of esters is 1. The van der Waals surface area contributed by atoms with E-state index in [1.54, 1.807) is 16.9 Å². The van der Waals surface area contributed by atoms with E-state index in [0.29, 0.717) is 23.1 Å². The number of urea groups is 1. The molecule has 1 aliphatic rings. The summed E-state index contributed by atoms with van der Waals surface area (Å²) in [5.74, 6) is -1.09. The average molecular weight is 387 g/mol. The Labute approximate surface area is 163 Å². The normalized spacial score (nSPS) is 15.4. The number of ether oxygens (including phenoxy) is 1. The van der Waals surface area contributed by atoms with Crippen LogP contribution in [0.25, 0.3) is 11.0 Å². The third-order valence-corrected chi connectivity index (χ3v) is 4.64. The minimum atomic E-state index is -1.08. The summed E-state index contributed by atoms with van der Waals surface area (Å²) in [6, 6.07) is 1.28. The van der Waals surface area contributed by atoms with Crippen LogP contribution in [0.3, 0.4) is 0 Å². The number of carbonyl (C=O) groups is 3. The van der Waals surface area contributed by atoms with Gasteiger partial charge in [-0.1, -0.05) is 13.8 Å². The first-order chi connectivity index (χ1) is 13.2. The van der Waals surface area contributed by atoms with Gasteiger partial charge in [0.15, 0.2) is 11.8 Å². The zero-order valence-electron chi connectivity index (χ0n) is 16.7. The first kappa shape index (κ1) is 19.8. The number of aromatic nitrogens is 3. The predicted octanol–water partition coefficient (Wildman–Crippen LogP) is 2.23. The Morgan fingerprint density at radius 3 is 2.50 bits per heavy atom. The van der Waals surface area contributed by atoms with Crippen LogP contribution in [0.4, 0.5) is 4.79 Å². The van der Waals surface area contributed by atoms with E-state index < -0.39 is 24.0 Å². The predicted molar refractivity (Wildman–Crippen MR) is 102 cm³/mol. The Bertz CT molecular complexity index is 934. The summed E-state index contributed by atoms with van der Waals surface area (Å²) in [4.78, 5) is 42.7. The number of nitrogens with one attached hydrogen (secondary N) is 1. The molecule has 0 bridgehead atoms. The monoisotopic (exact) mass is 387 g/mol. The molecule has 150 valence electrons. The van der Waals surface area contributed by atoms with Gasteiger partial charge >= 0.3 is 12.0 Å². The van der Waals surface area contributed by atoms with Crippen LogP contribution in [-0.4, -0.2) is 56.8 Å². The van der Waals surface area contributed by atoms with Crippen molar-refractivity contribution in [2.24, 2.45) is 0 Å². The summed E-state index contributed by atoms with van der Waals surface area (Å²) in [5, 5.41) is 7.47. The maximum absolute atomic E-state index is 12.9. The quantitative estimate of drug-likeness (QED) is 0.789. The molecule has 1 N–H and O–H groups in total. The zero-order chi connectivity index (χ0) is 20.6. The van der Waals surface area contributed by atoms with Crippen LogP contribution in [0.5, 0.6) is 0 Å². The first-order valence-electron chi connectivity index (χ1n) is 9.39. The highest BCUT2D eigenvalue weighted by atomic mass is 16.5. The van der Waals surface area contributed by atoms with E-state index >= 15 is 0 Å². The standard InChI is InChI=1S/C19H25N5O4/c1-10(2)15-8-13(14-9-21-24(11(3)4)16(14)22-15)18(26)28-12(5)17(25)23-7-6-20-19(23)27/h8-12H,6-7H2,1-5H3,(H,20,27)/t12-/m1/s1. The SMILES string of the molecule is CC(C)c1cc(C(=O)O[C@H](C)C(=O)N2CCNC2=O)c2cnn(C(C)C)c2n1. The van der Waals surface area contributed by atoms with Crippen LogP contribution >= 0.6 is 0 Å². The Balaban J connectivity index is 1.92. The van der Waals surface area contributed by atoms with Gasteiger partial charge in [-0.2, -0.15) is 5.10 Å². The van der Waals surface area contributed by atoms with Crippen molar-refractivity contribution in [1.29, 1.82) is 0 Å². The lowest BCUT2D eigenvalue weighted by molar-refractivity contribution is -0.136. The molecule has 0 saturated carbocycles. The summed E-state index contributed by atoms with van der Waals surface area (Å²) in [5.41, 5.74) is 1.65. The van der Waals surface area contributed by atoms with Gasteiger partial charge in [-0.25, -0.2) is 19.3 Å². The van der Waals surface area contributed by atoms with Crippen LogP contribution < -0.4 is 5.32 Å². The van der Waals surface area contributed by atoms with Gasteiger partial charge in [0.25, 0.3) is 5.91 Å². The van der Waals surface area contributed by atoms with Gasteiger partial charge < -0.3 is 10.1 Å². The summed E-state index contributed by atoms with van der Waals surface area (Å²) in [7, 11) is 0. The molecule has 9 nitrogen and oxygen atoms in total. The van der Waals surface area contributed by atoms with Crippen LogP contribution in [-0.2, 0) is 9.53 Å². The minimum absolute atomic E-state index is 0.0745. The lowest BCUT2D eigenvalue weighted by Gasteiger charge is -2.18. The van der Waals surface area contributed by atoms with Gasteiger partial charge in [-0.05, 0) is 32.8 Å². The molecule has 28 heavy (non-hydrogen) atoms. The molecule has 0 aliphatic carbocycles. The molecule has 2 aromatic rings. The van der Waals surface area contributed by atoms with Crippen LogP contribution in [0.15, 0.2) is 12.3 Å². The minimum Gasteiger partial charge on any atom is -0.449 e. The van der Waals surface area contributed by atoms with Crippen molar-refractivity contribution in [3.8, 4) is 0 Å². The summed E-state index contributed by atoms with van der Waals surface area (Å²) in [6.07, 6.45) is 0.505. The fourth-order valence-corrected chi connectivity index (χ4v) is 3.06. The highest BCUT2D eigenvalue weighted by molar-refractivity contribution is 6.04. The van der Waals surface area contributed by atoms with Crippen LogP contribution in [0.1, 0.15) is 62.6 Å². The van der Waals surface area contributed by atoms with Gasteiger partial charge in [-0.15, -0.1) is 0 Å². The topological polar surface area (TPSA) is 106 Å². The Kier molecular flexibility index (Phi) is 5.35. The molecule has 1 atom stereocenters. The molecule has 0 radical (unpaired) electrons. The molecule has 0 spiro atoms. The van der Waals surface area contributed by atoms with E-state index in [0.717, 1.165) is 10.6 Å². The molecule has 0 aromatic carbocycles. The Morgan fingerprint density at radius 1 is 1.21 bits per heavy atom. The van der Waals surface area contributed by atoms with Gasteiger partial charge in [0.05, 0.1) is 17.1 Å². The summed E-state index contributed by atoms with van der Waals surface area (Å²) in [6.45, 7) is 10.0. The highest BCUT2D eigenvalue weighted by Crippen LogP contribution is 2.25. The maximum Gasteiger partial charge on any atom is 0.339 e. The van der Waals surface area contributed by atoms with Gasteiger partial charge in [0.2, 0.25) is 0 Å². The van der Waals surface area contributed by atoms with Crippen LogP contribution in [0, 0.1) is 0 Å². The molecule has 2 aromatic heterocycles. The number of pyridine rings is 1. The third kappa shape index (κ3) is 3.56. The number of rotatable bonds is 5. The fourth-order valence-electron chi connectivity index (χ4n) is 3.06. The second-order valence-corrected chi connectivity index (χ2v) is 7.44. The number of carbonyl (C=O) groups excluding carboxylic acids is 3. The lowest BCUT2D eigenvalue weighted by Crippen LogP contribution is -2.41. The van der Waals surface area contributed by atoms with E-state index in [1.165, 1.54) is 6.92 Å². The molecule has 9 heteroatoms. The molecule has 1 fully saturated rings. The van der Waals surface area contributed by atoms with Crippen molar-refractivity contribution in [3.63, 3.8) is 0 Å².